The Morgan fingerprint density at radius 3 is 1.27 bits per heavy atom. The van der Waals surface area contributed by atoms with E-state index in [4.69, 9.17) is 10.5 Å². The van der Waals surface area contributed by atoms with Crippen molar-refractivity contribution < 1.29 is 45.3 Å². The molecule has 2 aromatic heterocycles. The Morgan fingerprint density at radius 2 is 0.964 bits per heavy atom. The van der Waals surface area contributed by atoms with Gasteiger partial charge in [-0.1, -0.05) is 48.6 Å². The minimum absolute atomic E-state index is 0.0746. The van der Waals surface area contributed by atoms with E-state index in [0.717, 1.165) is 12.2 Å². The molecule has 2 heterocycles. The molecule has 288 valence electrons. The second-order valence-electron chi connectivity index (χ2n) is 13.0. The molecule has 0 aliphatic heterocycles. The third kappa shape index (κ3) is 8.08. The average Bonchev–Trinajstić information content (AvgIpc) is 3.69. The van der Waals surface area contributed by atoms with Crippen LogP contribution < -0.4 is 0 Å². The Kier molecular flexibility index (Phi) is 11.6. The largest absolute Gasteiger partial charge is 0.421 e. The number of aromatic nitrogens is 2. The molecule has 6 aromatic rings. The molecule has 56 heavy (non-hydrogen) atoms. The first-order valence-electron chi connectivity index (χ1n) is 16.7. The number of hydrogen-bond acceptors (Lipinski definition) is 4. The fraction of sp³-hybridized carbons (Fsp3) is 0.190. The zero-order chi connectivity index (χ0) is 41.1. The lowest BCUT2D eigenvalue weighted by Gasteiger charge is -2.29. The van der Waals surface area contributed by atoms with Gasteiger partial charge in [-0.3, -0.25) is 0 Å². The van der Waals surface area contributed by atoms with E-state index in [1.165, 1.54) is 94.3 Å². The van der Waals surface area contributed by atoms with E-state index in [1.807, 2.05) is 12.1 Å². The Bertz CT molecular complexity index is 2330. The number of fused-ring (bicyclic) bond motifs is 2. The van der Waals surface area contributed by atoms with Crippen LogP contribution in [0.2, 0.25) is 0 Å². The van der Waals surface area contributed by atoms with Gasteiger partial charge in [0.1, 0.15) is 11.6 Å². The molecule has 6 rings (SSSR count). The number of benzene rings is 4. The van der Waals surface area contributed by atoms with Crippen LogP contribution in [-0.2, 0) is 24.3 Å². The molecule has 0 saturated carbocycles. The van der Waals surface area contributed by atoms with Crippen LogP contribution in [0.4, 0.5) is 35.1 Å². The quantitative estimate of drug-likeness (QED) is 0.107. The van der Waals surface area contributed by atoms with Crippen molar-refractivity contribution in [1.29, 1.82) is 10.5 Å². The van der Waals surface area contributed by atoms with Gasteiger partial charge in [0.2, 0.25) is 0 Å². The van der Waals surface area contributed by atoms with E-state index in [0.29, 0.717) is 22.2 Å². The summed E-state index contributed by atoms with van der Waals surface area (Å²) in [6.07, 6.45) is -6.91. The minimum atomic E-state index is -4.94. The highest BCUT2D eigenvalue weighted by atomic mass is 19.4. The van der Waals surface area contributed by atoms with Crippen molar-refractivity contribution in [2.24, 2.45) is 0 Å². The van der Waals surface area contributed by atoms with Crippen molar-refractivity contribution in [2.45, 2.75) is 49.5 Å². The van der Waals surface area contributed by atoms with Gasteiger partial charge in [0, 0.05) is 60.2 Å². The van der Waals surface area contributed by atoms with Gasteiger partial charge in [-0.25, -0.2) is 8.78 Å². The molecule has 0 aliphatic rings. The zero-order valence-corrected chi connectivity index (χ0v) is 29.3. The van der Waals surface area contributed by atoms with Crippen molar-refractivity contribution in [3.8, 4) is 12.1 Å². The lowest BCUT2D eigenvalue weighted by atomic mass is 9.89. The summed E-state index contributed by atoms with van der Waals surface area (Å²) < 4.78 is 112. The Morgan fingerprint density at radius 1 is 0.589 bits per heavy atom. The van der Waals surface area contributed by atoms with Gasteiger partial charge < -0.3 is 19.3 Å². The standard InChI is InChI=1S/2C21H16F4N2O/c2*1-2-8-20(28,21(23,24)25)18-13-27(12-15-4-3-5-16(22)9-15)19-10-14(11-26)6-7-17(18)19/h2*2-7,9-10,13,28H,1,8,12H2. The van der Waals surface area contributed by atoms with Crippen LogP contribution in [0.15, 0.2) is 123 Å². The summed E-state index contributed by atoms with van der Waals surface area (Å²) in [5, 5.41) is 39.7. The van der Waals surface area contributed by atoms with Crippen LogP contribution in [0.1, 0.15) is 46.2 Å². The second-order valence-corrected chi connectivity index (χ2v) is 13.0. The molecule has 2 N–H and O–H groups in total. The van der Waals surface area contributed by atoms with Crippen LogP contribution in [0.5, 0.6) is 0 Å². The number of rotatable bonds is 10. The van der Waals surface area contributed by atoms with Gasteiger partial charge in [0.05, 0.1) is 34.3 Å². The first-order chi connectivity index (χ1) is 26.4. The number of nitrogens with zero attached hydrogens (tertiary/aromatic N) is 4. The zero-order valence-electron chi connectivity index (χ0n) is 29.3. The molecule has 0 saturated heterocycles. The van der Waals surface area contributed by atoms with Gasteiger partial charge in [-0.05, 0) is 59.7 Å². The Balaban J connectivity index is 0.000000214. The van der Waals surface area contributed by atoms with Gasteiger partial charge in [-0.15, -0.1) is 13.2 Å². The van der Waals surface area contributed by atoms with Crippen LogP contribution in [0.3, 0.4) is 0 Å². The van der Waals surface area contributed by atoms with Gasteiger partial charge >= 0.3 is 12.4 Å². The fourth-order valence-corrected chi connectivity index (χ4v) is 6.48. The second kappa shape index (κ2) is 15.9. The SMILES string of the molecule is C=CCC(O)(c1cn(Cc2cccc(F)c2)c2cc(C#N)ccc12)C(F)(F)F.C=CCC(O)(c1cn(Cc2cccc(F)c2)c2cc(C#N)ccc12)C(F)(F)F. The van der Waals surface area contributed by atoms with Crippen LogP contribution in [-0.4, -0.2) is 31.7 Å². The molecule has 0 radical (unpaired) electrons. The number of hydrogen-bond donors (Lipinski definition) is 2. The number of aliphatic hydroxyl groups is 2. The lowest BCUT2D eigenvalue weighted by molar-refractivity contribution is -0.265. The molecule has 2 atom stereocenters. The molecule has 0 fully saturated rings. The predicted octanol–water partition coefficient (Wildman–Crippen LogP) is 10.1. The van der Waals surface area contributed by atoms with Crippen LogP contribution in [0, 0.1) is 34.3 Å². The summed E-state index contributed by atoms with van der Waals surface area (Å²) in [6, 6.07) is 23.7. The van der Waals surface area contributed by atoms with E-state index in [-0.39, 0.29) is 46.1 Å². The highest BCUT2D eigenvalue weighted by Gasteiger charge is 2.56. The maximum absolute atomic E-state index is 13.7. The monoisotopic (exact) mass is 776 g/mol. The van der Waals surface area contributed by atoms with E-state index in [1.54, 1.807) is 12.1 Å². The number of halogens is 8. The Hall–Kier alpha value is -6.22. The summed E-state index contributed by atoms with van der Waals surface area (Å²) in [5.41, 5.74) is -4.67. The fourth-order valence-electron chi connectivity index (χ4n) is 6.48. The van der Waals surface area contributed by atoms with Gasteiger partial charge in [-0.2, -0.15) is 36.9 Å². The molecular weight excluding hydrogens is 744 g/mol. The average molecular weight is 777 g/mol. The molecule has 0 amide bonds. The summed E-state index contributed by atoms with van der Waals surface area (Å²) in [6.45, 7) is 6.80. The number of alkyl halides is 6. The third-order valence-corrected chi connectivity index (χ3v) is 9.22. The van der Waals surface area contributed by atoms with E-state index < -0.39 is 48.0 Å². The van der Waals surface area contributed by atoms with Crippen molar-refractivity contribution >= 4 is 21.8 Å². The Labute approximate surface area is 315 Å². The maximum atomic E-state index is 13.7. The molecular formula is C42H32F8N4O2. The van der Waals surface area contributed by atoms with E-state index in [9.17, 15) is 45.3 Å². The topological polar surface area (TPSA) is 97.9 Å². The van der Waals surface area contributed by atoms with Crippen molar-refractivity contribution in [3.05, 3.63) is 168 Å². The lowest BCUT2D eigenvalue weighted by Crippen LogP contribution is -2.41. The van der Waals surface area contributed by atoms with E-state index in [2.05, 4.69) is 13.2 Å². The number of nitriles is 2. The van der Waals surface area contributed by atoms with Gasteiger partial charge in [0.15, 0.2) is 11.2 Å². The maximum Gasteiger partial charge on any atom is 0.421 e. The predicted molar refractivity (Wildman–Crippen MR) is 194 cm³/mol. The molecule has 6 nitrogen and oxygen atoms in total. The summed E-state index contributed by atoms with van der Waals surface area (Å²) in [5.74, 6) is -0.935. The molecule has 0 spiro atoms. The molecule has 0 bridgehead atoms. The molecule has 14 heteroatoms. The highest BCUT2D eigenvalue weighted by Crippen LogP contribution is 2.46. The summed E-state index contributed by atoms with van der Waals surface area (Å²) in [7, 11) is 0. The van der Waals surface area contributed by atoms with Crippen LogP contribution >= 0.6 is 0 Å². The van der Waals surface area contributed by atoms with E-state index >= 15 is 0 Å². The molecule has 4 aromatic carbocycles. The van der Waals surface area contributed by atoms with Crippen LogP contribution in [0.25, 0.3) is 21.8 Å². The first kappa shape index (κ1) is 41.0. The third-order valence-electron chi connectivity index (χ3n) is 9.22. The highest BCUT2D eigenvalue weighted by molar-refractivity contribution is 5.87. The minimum Gasteiger partial charge on any atom is -0.376 e. The molecule has 0 aliphatic carbocycles. The van der Waals surface area contributed by atoms with Crippen molar-refractivity contribution in [3.63, 3.8) is 0 Å². The van der Waals surface area contributed by atoms with Crippen molar-refractivity contribution in [2.75, 3.05) is 0 Å². The van der Waals surface area contributed by atoms with Crippen molar-refractivity contribution in [1.82, 2.24) is 9.13 Å². The first-order valence-corrected chi connectivity index (χ1v) is 16.7. The normalized spacial score (nSPS) is 13.9. The smallest absolute Gasteiger partial charge is 0.376 e. The summed E-state index contributed by atoms with van der Waals surface area (Å²) >= 11 is 0. The molecule has 2 unspecified atom stereocenters. The summed E-state index contributed by atoms with van der Waals surface area (Å²) in [4.78, 5) is 0. The van der Waals surface area contributed by atoms with Gasteiger partial charge in [0.25, 0.3) is 0 Å².